The molecule has 0 bridgehead atoms. The van der Waals surface area contributed by atoms with E-state index in [2.05, 4.69) is 3.29 Å². The molecule has 1 atom stereocenters. The molecule has 0 radical (unpaired) electrons. The Hall–Kier alpha value is -3.27. The van der Waals surface area contributed by atoms with Gasteiger partial charge >= 0.3 is 57.1 Å². The van der Waals surface area contributed by atoms with Gasteiger partial charge in [-0.2, -0.15) is 74.6 Å². The molecular weight excluding hydrogens is 759 g/mol. The van der Waals surface area contributed by atoms with Gasteiger partial charge in [-0.15, -0.1) is 7.49 Å². The van der Waals surface area contributed by atoms with Crippen LogP contribution in [0.1, 0.15) is 5.56 Å². The normalized spacial score (nSPS) is 16.2. The lowest BCUT2D eigenvalue weighted by atomic mass is 9.91. The predicted molar refractivity (Wildman–Crippen MR) is 139 cm³/mol. The van der Waals surface area contributed by atoms with Crippen molar-refractivity contribution in [3.05, 3.63) is 90.5 Å². The fourth-order valence-corrected chi connectivity index (χ4v) is 9.23. The van der Waals surface area contributed by atoms with Gasteiger partial charge < -0.3 is 0 Å². The average molecular weight is 778 g/mol. The van der Waals surface area contributed by atoms with E-state index in [0.29, 0.717) is 5.56 Å². The van der Waals surface area contributed by atoms with Crippen LogP contribution in [0.4, 0.5) is 74.6 Å². The molecule has 0 aliphatic carbocycles. The van der Waals surface area contributed by atoms with Crippen molar-refractivity contribution in [1.29, 1.82) is 0 Å². The zero-order valence-corrected chi connectivity index (χ0v) is 25.2. The third-order valence-corrected chi connectivity index (χ3v) is 12.0. The molecule has 22 heteroatoms. The molecule has 1 unspecified atom stereocenters. The summed E-state index contributed by atoms with van der Waals surface area (Å²) in [6, 6.07) is 15.5. The average Bonchev–Trinajstić information content (AvgIpc) is 3.00. The van der Waals surface area contributed by atoms with Crippen LogP contribution in [0.3, 0.4) is 0 Å². The predicted octanol–water partition coefficient (Wildman–Crippen LogP) is 10.8. The van der Waals surface area contributed by atoms with Crippen LogP contribution < -0.4 is 0 Å². The molecule has 0 saturated carbocycles. The summed E-state index contributed by atoms with van der Waals surface area (Å²) in [5, 5.41) is -7.74. The Balaban J connectivity index is 2.40. The third-order valence-electron chi connectivity index (χ3n) is 6.71. The Morgan fingerprint density at radius 3 is 1.12 bits per heavy atom. The van der Waals surface area contributed by atoms with Gasteiger partial charge in [-0.25, -0.2) is 4.55 Å². The van der Waals surface area contributed by atoms with Crippen molar-refractivity contribution < 1.29 is 86.7 Å². The van der Waals surface area contributed by atoms with E-state index < -0.39 is 82.1 Å². The standard InChI is InChI=1S/C27H17F17O3S2/c1-16-12-14-19(15-13-16)48(17-8-4-2-5-9-17,18-10-6-3-7-11-18)47-49(45,46)27(43,44)25(38,39)23(34,35)21(30,31)20(28,29)22(32,33)24(36,37)26(40,41)42/h2-15H,1H3/p+1. The van der Waals surface area contributed by atoms with Crippen molar-refractivity contribution in [1.82, 2.24) is 0 Å². The minimum Gasteiger partial charge on any atom is -0.240 e. The molecule has 3 rings (SSSR count). The minimum atomic E-state index is -8.93. The van der Waals surface area contributed by atoms with E-state index in [4.69, 9.17) is 0 Å². The summed E-state index contributed by atoms with van der Waals surface area (Å²) in [6.07, 6.45) is -7.91. The third kappa shape index (κ3) is 5.79. The fourth-order valence-electron chi connectivity index (χ4n) is 3.97. The second-order valence-electron chi connectivity index (χ2n) is 10.00. The molecule has 3 nitrogen and oxygen atoms in total. The van der Waals surface area contributed by atoms with Gasteiger partial charge in [0.1, 0.15) is 0 Å². The second kappa shape index (κ2) is 12.2. The number of aryl methyl sites for hydroxylation is 1. The SMILES string of the molecule is Cc1ccc(S([O+]=S(=O)(O)C(F)(F)C(F)(F)C(F)(F)C(F)(F)C(F)(F)C(F)(F)C(F)(F)C(F)(F)F)(c2ccccc2)c2ccccc2)cc1. The Bertz CT molecular complexity index is 1710. The topological polar surface area (TPSA) is 48.6 Å². The van der Waals surface area contributed by atoms with Crippen LogP contribution in [0.2, 0.25) is 0 Å². The number of halogens is 17. The van der Waals surface area contributed by atoms with Crippen LogP contribution in [-0.2, 0) is 13.4 Å². The molecule has 1 N–H and O–H groups in total. The van der Waals surface area contributed by atoms with E-state index in [-0.39, 0.29) is 0 Å². The highest BCUT2D eigenvalue weighted by Crippen LogP contribution is 2.69. The van der Waals surface area contributed by atoms with Crippen molar-refractivity contribution in [2.45, 2.75) is 68.6 Å². The Labute approximate surface area is 266 Å². The van der Waals surface area contributed by atoms with Crippen LogP contribution in [0.5, 0.6) is 0 Å². The number of hydrogen-bond donors (Lipinski definition) is 1. The first-order valence-electron chi connectivity index (χ1n) is 12.6. The zero-order valence-electron chi connectivity index (χ0n) is 23.6. The van der Waals surface area contributed by atoms with Crippen molar-refractivity contribution >= 4 is 20.4 Å². The summed E-state index contributed by atoms with van der Waals surface area (Å²) >= 11 is 0. The van der Waals surface area contributed by atoms with Crippen LogP contribution in [0, 0.1) is 6.92 Å². The highest BCUT2D eigenvalue weighted by Gasteiger charge is 2.97. The molecule has 0 spiro atoms. The quantitative estimate of drug-likeness (QED) is 0.120. The molecule has 3 aromatic carbocycles. The lowest BCUT2D eigenvalue weighted by Crippen LogP contribution is -2.75. The van der Waals surface area contributed by atoms with Gasteiger partial charge in [0.25, 0.3) is 0 Å². The lowest BCUT2D eigenvalue weighted by molar-refractivity contribution is -0.458. The molecule has 0 heterocycles. The molecular formula is C27H18F17O3S2+. The maximum absolute atomic E-state index is 15.3. The smallest absolute Gasteiger partial charge is 0.240 e. The van der Waals surface area contributed by atoms with Gasteiger partial charge in [0.15, 0.2) is 10.3 Å². The first kappa shape index (κ1) is 40.2. The van der Waals surface area contributed by atoms with E-state index >= 15 is 8.78 Å². The molecule has 274 valence electrons. The second-order valence-corrected chi connectivity index (χ2v) is 14.5. The number of alkyl halides is 17. The van der Waals surface area contributed by atoms with E-state index in [0.717, 1.165) is 60.7 Å². The van der Waals surface area contributed by atoms with E-state index in [1.807, 2.05) is 0 Å². The molecule has 0 amide bonds. The van der Waals surface area contributed by atoms with Gasteiger partial charge in [0.2, 0.25) is 0 Å². The molecule has 0 aliphatic heterocycles. The zero-order chi connectivity index (χ0) is 37.9. The Kier molecular flexibility index (Phi) is 10.0. The number of rotatable bonds is 11. The van der Waals surface area contributed by atoms with Crippen molar-refractivity contribution in [3.8, 4) is 0 Å². The summed E-state index contributed by atoms with van der Waals surface area (Å²) in [7, 11) is -12.1. The lowest BCUT2D eigenvalue weighted by Gasteiger charge is -2.41. The van der Waals surface area contributed by atoms with Crippen LogP contribution in [0.15, 0.2) is 99.6 Å². The summed E-state index contributed by atoms with van der Waals surface area (Å²) in [5.41, 5.74) is 0.412. The van der Waals surface area contributed by atoms with Gasteiger partial charge in [-0.05, 0) is 43.3 Å². The van der Waals surface area contributed by atoms with Crippen LogP contribution >= 0.6 is 10.3 Å². The van der Waals surface area contributed by atoms with Gasteiger partial charge in [-0.3, -0.25) is 0 Å². The van der Waals surface area contributed by atoms with Gasteiger partial charge in [0.05, 0.1) is 14.7 Å². The molecule has 0 fully saturated rings. The maximum Gasteiger partial charge on any atom is 0.497 e. The summed E-state index contributed by atoms with van der Waals surface area (Å²) < 4.78 is 265. The number of hydrogen-bond acceptors (Lipinski definition) is 1. The van der Waals surface area contributed by atoms with Gasteiger partial charge in [0, 0.05) is 0 Å². The monoisotopic (exact) mass is 777 g/mol. The molecule has 49 heavy (non-hydrogen) atoms. The van der Waals surface area contributed by atoms with Crippen molar-refractivity contribution in [2.75, 3.05) is 0 Å². The Morgan fingerprint density at radius 1 is 0.469 bits per heavy atom. The molecule has 0 saturated heterocycles. The van der Waals surface area contributed by atoms with E-state index in [9.17, 15) is 74.6 Å². The largest absolute Gasteiger partial charge is 0.497 e. The van der Waals surface area contributed by atoms with Crippen LogP contribution in [-0.4, -0.2) is 55.7 Å². The molecule has 0 aromatic heterocycles. The van der Waals surface area contributed by atoms with Crippen molar-refractivity contribution in [3.63, 3.8) is 0 Å². The van der Waals surface area contributed by atoms with E-state index in [1.165, 1.54) is 31.2 Å². The highest BCUT2D eigenvalue weighted by molar-refractivity contribution is 8.30. The molecule has 3 aromatic rings. The summed E-state index contributed by atoms with van der Waals surface area (Å²) in [5.74, 6) is -52.1. The minimum absolute atomic E-state index is 0.412. The van der Waals surface area contributed by atoms with Crippen molar-refractivity contribution in [2.24, 2.45) is 0 Å². The maximum atomic E-state index is 15.3. The number of benzene rings is 3. The Morgan fingerprint density at radius 2 is 0.776 bits per heavy atom. The van der Waals surface area contributed by atoms with Crippen LogP contribution in [0.25, 0.3) is 0 Å². The first-order chi connectivity index (χ1) is 21.9. The summed E-state index contributed by atoms with van der Waals surface area (Å²) in [4.78, 5) is -1.32. The van der Waals surface area contributed by atoms with Gasteiger partial charge in [-0.1, -0.05) is 54.1 Å². The molecule has 0 aliphatic rings. The van der Waals surface area contributed by atoms with E-state index in [1.54, 1.807) is 0 Å². The summed E-state index contributed by atoms with van der Waals surface area (Å²) in [6.45, 7) is 1.46. The highest BCUT2D eigenvalue weighted by atomic mass is 32.3. The fraction of sp³-hybridized carbons (Fsp3) is 0.333. The first-order valence-corrected chi connectivity index (χ1v) is 15.6.